The van der Waals surface area contributed by atoms with Gasteiger partial charge in [-0.15, -0.1) is 0 Å². The van der Waals surface area contributed by atoms with Crippen LogP contribution in [0.5, 0.6) is 0 Å². The SMILES string of the molecule is C[C@@H]1CN(C(=O)[C@H]2CCCN(C(N)=O)C2)C[C@@H]1N1CCOCC1. The number of morpholine rings is 1. The lowest BCUT2D eigenvalue weighted by molar-refractivity contribution is -0.136. The summed E-state index contributed by atoms with van der Waals surface area (Å²) in [5.41, 5.74) is 5.37. The summed E-state index contributed by atoms with van der Waals surface area (Å²) >= 11 is 0. The summed E-state index contributed by atoms with van der Waals surface area (Å²) in [6.07, 6.45) is 1.71. The first-order valence-electron chi connectivity index (χ1n) is 8.71. The van der Waals surface area contributed by atoms with Gasteiger partial charge in [0, 0.05) is 45.3 Å². The predicted molar refractivity (Wildman–Crippen MR) is 85.8 cm³/mol. The quantitative estimate of drug-likeness (QED) is 0.773. The lowest BCUT2D eigenvalue weighted by Crippen LogP contribution is -2.49. The highest BCUT2D eigenvalue weighted by atomic mass is 16.5. The van der Waals surface area contributed by atoms with E-state index in [-0.39, 0.29) is 11.8 Å². The van der Waals surface area contributed by atoms with Gasteiger partial charge in [0.25, 0.3) is 0 Å². The van der Waals surface area contributed by atoms with E-state index in [0.29, 0.717) is 25.0 Å². The normalized spacial score (nSPS) is 33.0. The van der Waals surface area contributed by atoms with Crippen molar-refractivity contribution in [1.29, 1.82) is 0 Å². The summed E-state index contributed by atoms with van der Waals surface area (Å²) in [4.78, 5) is 30.3. The summed E-state index contributed by atoms with van der Waals surface area (Å²) in [6.45, 7) is 8.46. The highest BCUT2D eigenvalue weighted by molar-refractivity contribution is 5.81. The fourth-order valence-corrected chi connectivity index (χ4v) is 4.15. The standard InChI is InChI=1S/C16H28N4O3/c1-12-9-20(11-14(12)18-5-7-23-8-6-18)15(21)13-3-2-4-19(10-13)16(17)22/h12-14H,2-11H2,1H3,(H2,17,22)/t12-,13+,14+/m1/s1. The minimum Gasteiger partial charge on any atom is -0.379 e. The number of urea groups is 1. The Kier molecular flexibility index (Phi) is 5.06. The molecule has 2 N–H and O–H groups in total. The van der Waals surface area contributed by atoms with Crippen LogP contribution in [0, 0.1) is 11.8 Å². The molecule has 3 amide bonds. The Hall–Kier alpha value is -1.34. The molecule has 0 aromatic carbocycles. The fourth-order valence-electron chi connectivity index (χ4n) is 4.15. The highest BCUT2D eigenvalue weighted by Gasteiger charge is 2.39. The van der Waals surface area contributed by atoms with E-state index in [4.69, 9.17) is 10.5 Å². The van der Waals surface area contributed by atoms with Crippen LogP contribution in [0.2, 0.25) is 0 Å². The second kappa shape index (κ2) is 7.05. The van der Waals surface area contributed by atoms with Gasteiger partial charge in [0.1, 0.15) is 0 Å². The monoisotopic (exact) mass is 324 g/mol. The van der Waals surface area contributed by atoms with Crippen LogP contribution in [-0.2, 0) is 9.53 Å². The Balaban J connectivity index is 1.58. The van der Waals surface area contributed by atoms with Crippen molar-refractivity contribution in [2.75, 3.05) is 52.5 Å². The smallest absolute Gasteiger partial charge is 0.314 e. The Labute approximate surface area is 137 Å². The molecular formula is C16H28N4O3. The summed E-state index contributed by atoms with van der Waals surface area (Å²) in [5, 5.41) is 0. The van der Waals surface area contributed by atoms with Crippen molar-refractivity contribution in [1.82, 2.24) is 14.7 Å². The van der Waals surface area contributed by atoms with E-state index in [1.165, 1.54) is 0 Å². The Morgan fingerprint density at radius 2 is 1.78 bits per heavy atom. The number of piperidine rings is 1. The summed E-state index contributed by atoms with van der Waals surface area (Å²) in [6, 6.07) is 0.0159. The van der Waals surface area contributed by atoms with Gasteiger partial charge in [-0.3, -0.25) is 9.69 Å². The zero-order chi connectivity index (χ0) is 16.4. The lowest BCUT2D eigenvalue weighted by atomic mass is 9.97. The number of ether oxygens (including phenoxy) is 1. The molecule has 0 aromatic heterocycles. The molecule has 23 heavy (non-hydrogen) atoms. The molecule has 0 saturated carbocycles. The molecule has 0 radical (unpaired) electrons. The van der Waals surface area contributed by atoms with Crippen LogP contribution >= 0.6 is 0 Å². The fraction of sp³-hybridized carbons (Fsp3) is 0.875. The van der Waals surface area contributed by atoms with Gasteiger partial charge >= 0.3 is 6.03 Å². The zero-order valence-corrected chi connectivity index (χ0v) is 13.9. The maximum absolute atomic E-state index is 12.8. The maximum Gasteiger partial charge on any atom is 0.314 e. The van der Waals surface area contributed by atoms with Crippen LogP contribution in [-0.4, -0.2) is 85.2 Å². The number of nitrogens with two attached hydrogens (primary N) is 1. The molecule has 0 aliphatic carbocycles. The Morgan fingerprint density at radius 1 is 1.04 bits per heavy atom. The van der Waals surface area contributed by atoms with Crippen LogP contribution in [0.15, 0.2) is 0 Å². The summed E-state index contributed by atoms with van der Waals surface area (Å²) in [7, 11) is 0. The van der Waals surface area contributed by atoms with Crippen molar-refractivity contribution in [3.05, 3.63) is 0 Å². The van der Waals surface area contributed by atoms with Gasteiger partial charge in [0.05, 0.1) is 19.1 Å². The van der Waals surface area contributed by atoms with E-state index in [1.807, 2.05) is 4.90 Å². The molecule has 0 unspecified atom stereocenters. The van der Waals surface area contributed by atoms with E-state index in [9.17, 15) is 9.59 Å². The molecule has 0 aromatic rings. The maximum atomic E-state index is 12.8. The first-order chi connectivity index (χ1) is 11.1. The molecule has 0 spiro atoms. The number of nitrogens with zero attached hydrogens (tertiary/aromatic N) is 3. The summed E-state index contributed by atoms with van der Waals surface area (Å²) < 4.78 is 5.43. The molecule has 3 rings (SSSR count). The van der Waals surface area contributed by atoms with Crippen LogP contribution in [0.1, 0.15) is 19.8 Å². The van der Waals surface area contributed by atoms with Crippen molar-refractivity contribution in [2.24, 2.45) is 17.6 Å². The van der Waals surface area contributed by atoms with Crippen LogP contribution in [0.25, 0.3) is 0 Å². The topological polar surface area (TPSA) is 79.1 Å². The zero-order valence-electron chi connectivity index (χ0n) is 13.9. The predicted octanol–water partition coefficient (Wildman–Crippen LogP) is -0.0438. The molecule has 7 heteroatoms. The molecule has 3 aliphatic heterocycles. The molecule has 7 nitrogen and oxygen atoms in total. The van der Waals surface area contributed by atoms with E-state index in [1.54, 1.807) is 4.90 Å². The number of hydrogen-bond acceptors (Lipinski definition) is 4. The number of carbonyl (C=O) groups excluding carboxylic acids is 2. The minimum atomic E-state index is -0.413. The summed E-state index contributed by atoms with van der Waals surface area (Å²) in [5.74, 6) is 0.582. The third-order valence-electron chi connectivity index (χ3n) is 5.48. The molecule has 3 aliphatic rings. The van der Waals surface area contributed by atoms with E-state index < -0.39 is 6.03 Å². The number of likely N-dealkylation sites (tertiary alicyclic amines) is 2. The first kappa shape index (κ1) is 16.5. The molecule has 130 valence electrons. The van der Waals surface area contributed by atoms with E-state index >= 15 is 0 Å². The molecular weight excluding hydrogens is 296 g/mol. The number of primary amides is 1. The average Bonchev–Trinajstić information content (AvgIpc) is 2.97. The van der Waals surface area contributed by atoms with E-state index in [2.05, 4.69) is 11.8 Å². The van der Waals surface area contributed by atoms with Crippen molar-refractivity contribution in [3.63, 3.8) is 0 Å². The largest absolute Gasteiger partial charge is 0.379 e. The van der Waals surface area contributed by atoms with E-state index in [0.717, 1.165) is 52.2 Å². The Bertz CT molecular complexity index is 453. The Morgan fingerprint density at radius 3 is 2.48 bits per heavy atom. The van der Waals surface area contributed by atoms with Gasteiger partial charge < -0.3 is 20.3 Å². The molecule has 3 atom stereocenters. The molecule has 3 fully saturated rings. The van der Waals surface area contributed by atoms with Crippen molar-refractivity contribution < 1.29 is 14.3 Å². The van der Waals surface area contributed by atoms with Gasteiger partial charge in [0.2, 0.25) is 5.91 Å². The second-order valence-corrected chi connectivity index (χ2v) is 7.06. The first-order valence-corrected chi connectivity index (χ1v) is 8.71. The minimum absolute atomic E-state index is 0.0908. The van der Waals surface area contributed by atoms with Crippen LogP contribution < -0.4 is 5.73 Å². The van der Waals surface area contributed by atoms with Crippen molar-refractivity contribution in [3.8, 4) is 0 Å². The molecule has 3 saturated heterocycles. The highest BCUT2D eigenvalue weighted by Crippen LogP contribution is 2.26. The number of hydrogen-bond donors (Lipinski definition) is 1. The van der Waals surface area contributed by atoms with Gasteiger partial charge in [-0.25, -0.2) is 4.79 Å². The van der Waals surface area contributed by atoms with Gasteiger partial charge in [-0.1, -0.05) is 6.92 Å². The average molecular weight is 324 g/mol. The van der Waals surface area contributed by atoms with Gasteiger partial charge in [-0.2, -0.15) is 0 Å². The van der Waals surface area contributed by atoms with Crippen LogP contribution in [0.3, 0.4) is 0 Å². The second-order valence-electron chi connectivity index (χ2n) is 7.06. The van der Waals surface area contributed by atoms with Crippen LogP contribution in [0.4, 0.5) is 4.79 Å². The number of rotatable bonds is 2. The lowest BCUT2D eigenvalue weighted by Gasteiger charge is -2.35. The molecule has 0 bridgehead atoms. The number of carbonyl (C=O) groups is 2. The molecule has 3 heterocycles. The third kappa shape index (κ3) is 3.61. The van der Waals surface area contributed by atoms with Crippen molar-refractivity contribution >= 4 is 11.9 Å². The van der Waals surface area contributed by atoms with Crippen molar-refractivity contribution in [2.45, 2.75) is 25.8 Å². The third-order valence-corrected chi connectivity index (χ3v) is 5.48. The van der Waals surface area contributed by atoms with Gasteiger partial charge in [-0.05, 0) is 18.8 Å². The van der Waals surface area contributed by atoms with Gasteiger partial charge in [0.15, 0.2) is 0 Å². The number of amides is 3.